The maximum absolute atomic E-state index is 3.91. The molecule has 0 aliphatic carbocycles. The monoisotopic (exact) mass is 242 g/mol. The lowest BCUT2D eigenvalue weighted by Crippen LogP contribution is -1.94. The van der Waals surface area contributed by atoms with Crippen molar-refractivity contribution in [1.82, 2.24) is 0 Å². The van der Waals surface area contributed by atoms with Crippen molar-refractivity contribution in [1.29, 1.82) is 0 Å². The smallest absolute Gasteiger partial charge is 0.0147 e. The molecule has 0 N–H and O–H groups in total. The van der Waals surface area contributed by atoms with E-state index in [0.717, 1.165) is 0 Å². The highest BCUT2D eigenvalue weighted by Gasteiger charge is 2.05. The first-order chi connectivity index (χ1) is 7.85. The minimum absolute atomic E-state index is 0.288. The van der Waals surface area contributed by atoms with Crippen LogP contribution in [0.4, 0.5) is 0 Å². The second-order valence-corrected chi connectivity index (χ2v) is 7.31. The van der Waals surface area contributed by atoms with Gasteiger partial charge in [-0.1, -0.05) is 58.4 Å². The number of allylic oxidation sites excluding steroid dienone is 1. The molecule has 0 unspecified atom stereocenters. The Morgan fingerprint density at radius 3 is 1.69 bits per heavy atom. The van der Waals surface area contributed by atoms with Crippen molar-refractivity contribution in [3.63, 3.8) is 0 Å². The highest BCUT2D eigenvalue weighted by Crippen LogP contribution is 2.37. The van der Waals surface area contributed by atoms with E-state index in [1.54, 1.807) is 0 Å². The number of unbranched alkanes of at least 4 members (excludes halogenated alkanes) is 6. The summed E-state index contributed by atoms with van der Waals surface area (Å²) in [5.74, 6) is 0. The zero-order valence-electron chi connectivity index (χ0n) is 11.5. The van der Waals surface area contributed by atoms with Crippen molar-refractivity contribution in [2.75, 3.05) is 18.5 Å². The molecule has 0 amide bonds. The third kappa shape index (κ3) is 10.7. The normalized spacial score (nSPS) is 10.9. The summed E-state index contributed by atoms with van der Waals surface area (Å²) in [4.78, 5) is 0. The van der Waals surface area contributed by atoms with Gasteiger partial charge in [-0.15, -0.1) is 14.5 Å². The molecule has 0 bridgehead atoms. The maximum atomic E-state index is 3.91. The fourth-order valence-electron chi connectivity index (χ4n) is 2.00. The topological polar surface area (TPSA) is 0 Å². The number of hydrogen-bond donors (Lipinski definition) is 0. The first-order valence-corrected chi connectivity index (χ1v) is 9.08. The van der Waals surface area contributed by atoms with Crippen molar-refractivity contribution < 1.29 is 0 Å². The first-order valence-electron chi connectivity index (χ1n) is 7.18. The van der Waals surface area contributed by atoms with E-state index in [4.69, 9.17) is 0 Å². The average Bonchev–Trinajstić information content (AvgIpc) is 2.30. The van der Waals surface area contributed by atoms with Gasteiger partial charge < -0.3 is 0 Å². The molecular formula is C15H31P. The molecule has 0 aromatic carbocycles. The molecule has 0 aliphatic heterocycles. The minimum Gasteiger partial charge on any atom is -0.103 e. The lowest BCUT2D eigenvalue weighted by atomic mass is 10.2. The van der Waals surface area contributed by atoms with E-state index in [1.165, 1.54) is 69.9 Å². The van der Waals surface area contributed by atoms with E-state index in [9.17, 15) is 0 Å². The Labute approximate surface area is 105 Å². The lowest BCUT2D eigenvalue weighted by molar-refractivity contribution is 0.696. The van der Waals surface area contributed by atoms with Crippen molar-refractivity contribution in [2.45, 2.75) is 65.2 Å². The van der Waals surface area contributed by atoms with E-state index in [2.05, 4.69) is 26.5 Å². The Morgan fingerprint density at radius 1 is 0.812 bits per heavy atom. The average molecular weight is 242 g/mol. The second kappa shape index (κ2) is 13.2. The van der Waals surface area contributed by atoms with Gasteiger partial charge in [0.05, 0.1) is 0 Å². The summed E-state index contributed by atoms with van der Waals surface area (Å²) in [5, 5.41) is 0. The Bertz CT molecular complexity index is 130. The number of rotatable bonds is 12. The largest absolute Gasteiger partial charge is 0.103 e. The van der Waals surface area contributed by atoms with Gasteiger partial charge in [0.25, 0.3) is 0 Å². The van der Waals surface area contributed by atoms with Crippen molar-refractivity contribution in [3.8, 4) is 0 Å². The Balaban J connectivity index is 3.49. The van der Waals surface area contributed by atoms with Gasteiger partial charge in [-0.2, -0.15) is 0 Å². The fraction of sp³-hybridized carbons (Fsp3) is 0.867. The third-order valence-corrected chi connectivity index (χ3v) is 5.72. The summed E-state index contributed by atoms with van der Waals surface area (Å²) in [6.45, 7) is 8.48. The van der Waals surface area contributed by atoms with Crippen LogP contribution in [0.25, 0.3) is 0 Å². The Hall–Kier alpha value is 0.170. The zero-order valence-corrected chi connectivity index (χ0v) is 12.4. The summed E-state index contributed by atoms with van der Waals surface area (Å²) in [6.07, 6.45) is 17.8. The predicted octanol–water partition coefficient (Wildman–Crippen LogP) is 5.81. The van der Waals surface area contributed by atoms with Crippen LogP contribution in [0.3, 0.4) is 0 Å². The van der Waals surface area contributed by atoms with E-state index in [-0.39, 0.29) is 7.92 Å². The molecule has 0 atom stereocenters. The van der Waals surface area contributed by atoms with Gasteiger partial charge in [0.2, 0.25) is 0 Å². The van der Waals surface area contributed by atoms with Gasteiger partial charge in [-0.25, -0.2) is 0 Å². The van der Waals surface area contributed by atoms with Crippen LogP contribution in [-0.2, 0) is 0 Å². The van der Waals surface area contributed by atoms with Gasteiger partial charge in [0.15, 0.2) is 0 Å². The molecule has 16 heavy (non-hydrogen) atoms. The molecular weight excluding hydrogens is 211 g/mol. The highest BCUT2D eigenvalue weighted by atomic mass is 31.1. The number of hydrogen-bond acceptors (Lipinski definition) is 0. The van der Waals surface area contributed by atoms with E-state index in [1.807, 2.05) is 0 Å². The van der Waals surface area contributed by atoms with E-state index >= 15 is 0 Å². The van der Waals surface area contributed by atoms with E-state index in [0.29, 0.717) is 0 Å². The molecule has 0 aliphatic rings. The van der Waals surface area contributed by atoms with Crippen LogP contribution in [0, 0.1) is 0 Å². The summed E-state index contributed by atoms with van der Waals surface area (Å²) in [5.41, 5.74) is 0. The summed E-state index contributed by atoms with van der Waals surface area (Å²) < 4.78 is 0. The summed E-state index contributed by atoms with van der Waals surface area (Å²) >= 11 is 0. The SMILES string of the molecule is C=CCP(CCCCCC)CCCCCC. The van der Waals surface area contributed by atoms with Crippen LogP contribution < -0.4 is 0 Å². The fourth-order valence-corrected chi connectivity index (χ4v) is 4.30. The van der Waals surface area contributed by atoms with Gasteiger partial charge >= 0.3 is 0 Å². The standard InChI is InChI=1S/C15H31P/c1-4-7-9-11-14-16(13-6-3)15-12-10-8-5-2/h6H,3-5,7-15H2,1-2H3. The van der Waals surface area contributed by atoms with Crippen LogP contribution in [-0.4, -0.2) is 18.5 Å². The Morgan fingerprint density at radius 2 is 1.31 bits per heavy atom. The summed E-state index contributed by atoms with van der Waals surface area (Å²) in [7, 11) is 0.288. The first kappa shape index (κ1) is 16.2. The van der Waals surface area contributed by atoms with Gasteiger partial charge in [-0.3, -0.25) is 0 Å². The van der Waals surface area contributed by atoms with Gasteiger partial charge in [-0.05, 0) is 31.3 Å². The quantitative estimate of drug-likeness (QED) is 0.230. The van der Waals surface area contributed by atoms with Crippen LogP contribution in [0.1, 0.15) is 65.2 Å². The van der Waals surface area contributed by atoms with Gasteiger partial charge in [0, 0.05) is 0 Å². The predicted molar refractivity (Wildman–Crippen MR) is 80.0 cm³/mol. The lowest BCUT2D eigenvalue weighted by Gasteiger charge is -2.15. The van der Waals surface area contributed by atoms with Crippen LogP contribution in [0.5, 0.6) is 0 Å². The van der Waals surface area contributed by atoms with Crippen molar-refractivity contribution in [3.05, 3.63) is 12.7 Å². The van der Waals surface area contributed by atoms with Crippen LogP contribution >= 0.6 is 7.92 Å². The molecule has 96 valence electrons. The molecule has 0 radical (unpaired) electrons. The zero-order chi connectivity index (χ0) is 12.1. The molecule has 1 heteroatoms. The summed E-state index contributed by atoms with van der Waals surface area (Å²) in [6, 6.07) is 0. The molecule has 0 aromatic rings. The Kier molecular flexibility index (Phi) is 13.4. The third-order valence-electron chi connectivity index (χ3n) is 3.04. The van der Waals surface area contributed by atoms with Crippen LogP contribution in [0.2, 0.25) is 0 Å². The highest BCUT2D eigenvalue weighted by molar-refractivity contribution is 7.57. The maximum Gasteiger partial charge on any atom is -0.0147 e. The van der Waals surface area contributed by atoms with Crippen molar-refractivity contribution >= 4 is 7.92 Å². The van der Waals surface area contributed by atoms with Crippen LogP contribution in [0.15, 0.2) is 12.7 Å². The molecule has 0 aromatic heterocycles. The molecule has 0 rings (SSSR count). The van der Waals surface area contributed by atoms with Crippen molar-refractivity contribution in [2.24, 2.45) is 0 Å². The second-order valence-electron chi connectivity index (χ2n) is 4.71. The molecule has 0 nitrogen and oxygen atoms in total. The van der Waals surface area contributed by atoms with E-state index < -0.39 is 0 Å². The molecule has 0 spiro atoms. The molecule has 0 saturated heterocycles. The molecule has 0 saturated carbocycles. The molecule has 0 fully saturated rings. The minimum atomic E-state index is 0.288. The molecule has 0 heterocycles. The van der Waals surface area contributed by atoms with Gasteiger partial charge in [0.1, 0.15) is 0 Å².